The number of amides is 1. The zero-order chi connectivity index (χ0) is 15.8. The number of carbonyl (C=O) groups excluding carboxylic acids is 1. The molecule has 23 heavy (non-hydrogen) atoms. The fraction of sp³-hybridized carbons (Fsp3) is 0. The molecule has 1 aliphatic heterocycles. The number of benzene rings is 2. The molecule has 4 rings (SSSR count). The van der Waals surface area contributed by atoms with Gasteiger partial charge in [0, 0.05) is 16.0 Å². The van der Waals surface area contributed by atoms with Crippen molar-refractivity contribution in [3.05, 3.63) is 75.9 Å². The molecule has 0 unspecified atom stereocenters. The number of rotatable bonds is 2. The van der Waals surface area contributed by atoms with Crippen LogP contribution in [0.15, 0.2) is 70.3 Å². The number of thiophene rings is 1. The number of hydrogen-bond donors (Lipinski definition) is 0. The maximum absolute atomic E-state index is 12.9. The molecule has 0 atom stereocenters. The van der Waals surface area contributed by atoms with Crippen LogP contribution in [0.1, 0.15) is 5.56 Å². The minimum Gasteiger partial charge on any atom is -0.274 e. The second-order valence-electron chi connectivity index (χ2n) is 5.08. The summed E-state index contributed by atoms with van der Waals surface area (Å²) in [4.78, 5) is 19.2. The molecule has 0 saturated heterocycles. The maximum atomic E-state index is 12.9. The minimum atomic E-state index is -0.121. The number of nitrogens with zero attached hydrogens (tertiary/aromatic N) is 2. The van der Waals surface area contributed by atoms with Gasteiger partial charge in [0.1, 0.15) is 5.71 Å². The Bertz CT molecular complexity index is 918. The van der Waals surface area contributed by atoms with Crippen molar-refractivity contribution in [2.75, 3.05) is 4.90 Å². The van der Waals surface area contributed by atoms with E-state index >= 15 is 0 Å². The summed E-state index contributed by atoms with van der Waals surface area (Å²) in [7, 11) is 0. The number of hydrogen-bond acceptors (Lipinski definition) is 3. The first kappa shape index (κ1) is 14.2. The molecule has 1 aliphatic rings. The smallest absolute Gasteiger partial charge is 0.274 e. The summed E-state index contributed by atoms with van der Waals surface area (Å²) in [5, 5.41) is 4.51. The summed E-state index contributed by atoms with van der Waals surface area (Å²) >= 11 is 7.57. The summed E-state index contributed by atoms with van der Waals surface area (Å²) in [6.07, 6.45) is 0. The van der Waals surface area contributed by atoms with Crippen molar-refractivity contribution >= 4 is 51.6 Å². The summed E-state index contributed by atoms with van der Waals surface area (Å²) in [6.45, 7) is 0. The van der Waals surface area contributed by atoms with Gasteiger partial charge in [-0.2, -0.15) is 11.3 Å². The highest BCUT2D eigenvalue weighted by Crippen LogP contribution is 2.37. The van der Waals surface area contributed by atoms with Gasteiger partial charge < -0.3 is 0 Å². The first-order valence-electron chi connectivity index (χ1n) is 7.04. The van der Waals surface area contributed by atoms with E-state index in [4.69, 9.17) is 11.6 Å². The lowest BCUT2D eigenvalue weighted by Gasteiger charge is -2.14. The molecule has 0 N–H and O–H groups in total. The zero-order valence-electron chi connectivity index (χ0n) is 11.9. The van der Waals surface area contributed by atoms with E-state index in [9.17, 15) is 4.79 Å². The molecule has 3 aromatic rings. The van der Waals surface area contributed by atoms with Crippen LogP contribution in [-0.4, -0.2) is 11.6 Å². The molecule has 5 heteroatoms. The van der Waals surface area contributed by atoms with E-state index in [1.165, 1.54) is 0 Å². The molecule has 0 aliphatic carbocycles. The van der Waals surface area contributed by atoms with E-state index in [1.807, 2.05) is 53.2 Å². The topological polar surface area (TPSA) is 32.7 Å². The van der Waals surface area contributed by atoms with Gasteiger partial charge in [0.05, 0.1) is 17.1 Å². The van der Waals surface area contributed by atoms with Crippen LogP contribution in [0.2, 0.25) is 5.02 Å². The lowest BCUT2D eigenvalue weighted by molar-refractivity contribution is -0.111. The molecule has 0 spiro atoms. The average molecular weight is 339 g/mol. The summed E-state index contributed by atoms with van der Waals surface area (Å²) in [6, 6.07) is 16.8. The van der Waals surface area contributed by atoms with Crippen molar-refractivity contribution in [2.24, 2.45) is 4.99 Å². The fourth-order valence-electron chi connectivity index (χ4n) is 2.62. The maximum Gasteiger partial charge on any atom is 0.282 e. The van der Waals surface area contributed by atoms with E-state index in [1.54, 1.807) is 28.4 Å². The highest BCUT2D eigenvalue weighted by Gasteiger charge is 2.34. The van der Waals surface area contributed by atoms with Gasteiger partial charge in [-0.1, -0.05) is 35.9 Å². The van der Waals surface area contributed by atoms with E-state index in [-0.39, 0.29) is 5.91 Å². The van der Waals surface area contributed by atoms with E-state index in [0.717, 1.165) is 16.9 Å². The Labute approximate surface area is 142 Å². The molecular weight excluding hydrogens is 328 g/mol. The minimum absolute atomic E-state index is 0.121. The lowest BCUT2D eigenvalue weighted by Crippen LogP contribution is -2.24. The van der Waals surface area contributed by atoms with Crippen LogP contribution in [0, 0.1) is 0 Å². The Hall–Kier alpha value is -2.43. The fourth-order valence-corrected chi connectivity index (χ4v) is 3.43. The lowest BCUT2D eigenvalue weighted by atomic mass is 10.1. The van der Waals surface area contributed by atoms with Crippen LogP contribution in [0.5, 0.6) is 0 Å². The molecule has 3 nitrogen and oxygen atoms in total. The molecule has 1 amide bonds. The van der Waals surface area contributed by atoms with Crippen molar-refractivity contribution in [2.45, 2.75) is 0 Å². The number of fused-ring (bicyclic) bond motifs is 1. The molecular formula is C18H11ClN2OS. The van der Waals surface area contributed by atoms with Gasteiger partial charge in [-0.3, -0.25) is 9.69 Å². The SMILES string of the molecule is O=C1/C(=N\c2cccc(Cl)c2)c2ccccc2N1c1ccsc1. The van der Waals surface area contributed by atoms with Gasteiger partial charge in [-0.05, 0) is 35.7 Å². The number of halogens is 1. The van der Waals surface area contributed by atoms with Gasteiger partial charge in [0.25, 0.3) is 5.91 Å². The standard InChI is InChI=1S/C18H11ClN2OS/c19-12-4-3-5-13(10-12)20-17-15-6-1-2-7-16(15)21(18(17)22)14-8-9-23-11-14/h1-11H/b20-17-. The largest absolute Gasteiger partial charge is 0.282 e. The molecule has 1 aromatic heterocycles. The Morgan fingerprint density at radius 2 is 1.91 bits per heavy atom. The summed E-state index contributed by atoms with van der Waals surface area (Å²) in [5.41, 5.74) is 3.67. The molecule has 112 valence electrons. The Morgan fingerprint density at radius 3 is 2.70 bits per heavy atom. The van der Waals surface area contributed by atoms with Crippen LogP contribution in [0.25, 0.3) is 0 Å². The number of aliphatic imine (C=N–C) groups is 1. The third kappa shape index (κ3) is 2.46. The van der Waals surface area contributed by atoms with Crippen LogP contribution in [0.3, 0.4) is 0 Å². The van der Waals surface area contributed by atoms with Gasteiger partial charge in [-0.25, -0.2) is 4.99 Å². The van der Waals surface area contributed by atoms with Crippen molar-refractivity contribution in [1.82, 2.24) is 0 Å². The molecule has 0 saturated carbocycles. The van der Waals surface area contributed by atoms with Gasteiger partial charge in [-0.15, -0.1) is 0 Å². The molecule has 2 aromatic carbocycles. The van der Waals surface area contributed by atoms with Crippen molar-refractivity contribution in [3.63, 3.8) is 0 Å². The predicted octanol–water partition coefficient (Wildman–Crippen LogP) is 5.20. The number of para-hydroxylation sites is 1. The normalized spacial score (nSPS) is 15.3. The van der Waals surface area contributed by atoms with Gasteiger partial charge in [0.15, 0.2) is 0 Å². The molecule has 0 bridgehead atoms. The third-order valence-electron chi connectivity index (χ3n) is 3.62. The van der Waals surface area contributed by atoms with E-state index in [0.29, 0.717) is 16.4 Å². The van der Waals surface area contributed by atoms with Crippen LogP contribution in [0.4, 0.5) is 17.1 Å². The highest BCUT2D eigenvalue weighted by atomic mass is 35.5. The van der Waals surface area contributed by atoms with E-state index in [2.05, 4.69) is 4.99 Å². The summed E-state index contributed by atoms with van der Waals surface area (Å²) in [5.74, 6) is -0.121. The predicted molar refractivity (Wildman–Crippen MR) is 95.6 cm³/mol. The van der Waals surface area contributed by atoms with Gasteiger partial charge in [0.2, 0.25) is 0 Å². The third-order valence-corrected chi connectivity index (χ3v) is 4.53. The van der Waals surface area contributed by atoms with E-state index < -0.39 is 0 Å². The first-order chi connectivity index (χ1) is 11.2. The summed E-state index contributed by atoms with van der Waals surface area (Å²) < 4.78 is 0. The number of anilines is 2. The van der Waals surface area contributed by atoms with Crippen molar-refractivity contribution < 1.29 is 4.79 Å². The Morgan fingerprint density at radius 1 is 1.04 bits per heavy atom. The Kier molecular flexibility index (Phi) is 3.48. The van der Waals surface area contributed by atoms with Gasteiger partial charge >= 0.3 is 0 Å². The van der Waals surface area contributed by atoms with Crippen molar-refractivity contribution in [1.29, 1.82) is 0 Å². The van der Waals surface area contributed by atoms with Crippen molar-refractivity contribution in [3.8, 4) is 0 Å². The average Bonchev–Trinajstić information content (AvgIpc) is 3.15. The van der Waals surface area contributed by atoms with Crippen LogP contribution < -0.4 is 4.90 Å². The monoisotopic (exact) mass is 338 g/mol. The van der Waals surface area contributed by atoms with Crippen LogP contribution >= 0.6 is 22.9 Å². The van der Waals surface area contributed by atoms with Crippen LogP contribution in [-0.2, 0) is 4.79 Å². The second-order valence-corrected chi connectivity index (χ2v) is 6.30. The zero-order valence-corrected chi connectivity index (χ0v) is 13.5. The molecule has 0 fully saturated rings. The highest BCUT2D eigenvalue weighted by molar-refractivity contribution is 7.08. The molecule has 2 heterocycles. The number of carbonyl (C=O) groups is 1. The Balaban J connectivity index is 1.87. The second kappa shape index (κ2) is 5.65. The quantitative estimate of drug-likeness (QED) is 0.632. The molecule has 0 radical (unpaired) electrons. The first-order valence-corrected chi connectivity index (χ1v) is 8.36.